The highest BCUT2D eigenvalue weighted by molar-refractivity contribution is 9.10. The highest BCUT2D eigenvalue weighted by atomic mass is 79.9. The lowest BCUT2D eigenvalue weighted by Crippen LogP contribution is -1.99. The minimum Gasteiger partial charge on any atom is -0.380 e. The molecule has 0 atom stereocenters. The molecule has 0 radical (unpaired) electrons. The zero-order valence-corrected chi connectivity index (χ0v) is 10.6. The molecule has 0 aliphatic carbocycles. The summed E-state index contributed by atoms with van der Waals surface area (Å²) in [5, 5.41) is 7.50. The third kappa shape index (κ3) is 2.82. The van der Waals surface area contributed by atoms with Crippen molar-refractivity contribution in [2.75, 3.05) is 5.32 Å². The topological polar surface area (TPSA) is 42.7 Å². The van der Waals surface area contributed by atoms with E-state index in [-0.39, 0.29) is 0 Å². The summed E-state index contributed by atoms with van der Waals surface area (Å²) >= 11 is 3.30. The molecule has 0 aliphatic heterocycles. The van der Waals surface area contributed by atoms with E-state index in [1.54, 1.807) is 6.20 Å². The first-order valence-electron chi connectivity index (χ1n) is 5.14. The first kappa shape index (κ1) is 11.1. The highest BCUT2D eigenvalue weighted by Crippen LogP contribution is 2.11. The van der Waals surface area contributed by atoms with E-state index < -0.39 is 0 Å². The van der Waals surface area contributed by atoms with Crippen LogP contribution in [0.15, 0.2) is 35.3 Å². The van der Waals surface area contributed by atoms with Gasteiger partial charge < -0.3 is 5.32 Å². The molecule has 0 amide bonds. The minimum atomic E-state index is 0.767. The van der Waals surface area contributed by atoms with Crippen LogP contribution in [0.1, 0.15) is 12.5 Å². The molecule has 0 unspecified atom stereocenters. The lowest BCUT2D eigenvalue weighted by atomic mass is 10.3. The molecule has 0 saturated carbocycles. The number of nitrogens with zero attached hydrogens (tertiary/aromatic N) is 3. The van der Waals surface area contributed by atoms with Gasteiger partial charge in [-0.25, -0.2) is 4.98 Å². The summed E-state index contributed by atoms with van der Waals surface area (Å²) in [5.74, 6) is 0. The van der Waals surface area contributed by atoms with E-state index in [9.17, 15) is 0 Å². The molecule has 2 aromatic heterocycles. The third-order valence-electron chi connectivity index (χ3n) is 2.23. The van der Waals surface area contributed by atoms with Crippen molar-refractivity contribution in [2.45, 2.75) is 20.0 Å². The molecule has 0 aliphatic rings. The van der Waals surface area contributed by atoms with E-state index in [1.807, 2.05) is 29.2 Å². The number of hydrogen-bond acceptors (Lipinski definition) is 3. The van der Waals surface area contributed by atoms with Crippen molar-refractivity contribution in [1.82, 2.24) is 14.8 Å². The molecule has 0 aromatic carbocycles. The van der Waals surface area contributed by atoms with Crippen LogP contribution in [0.2, 0.25) is 0 Å². The van der Waals surface area contributed by atoms with Crippen LogP contribution in [0.4, 0.5) is 5.69 Å². The van der Waals surface area contributed by atoms with Crippen molar-refractivity contribution in [3.8, 4) is 0 Å². The van der Waals surface area contributed by atoms with Crippen LogP contribution in [-0.4, -0.2) is 14.8 Å². The van der Waals surface area contributed by atoms with Crippen molar-refractivity contribution in [1.29, 1.82) is 0 Å². The average molecular weight is 281 g/mol. The summed E-state index contributed by atoms with van der Waals surface area (Å²) in [6, 6.07) is 3.90. The Balaban J connectivity index is 1.94. The normalized spacial score (nSPS) is 10.4. The standard InChI is InChI=1S/C11H13BrN4/c1-2-16-8-9(6-15-16)5-13-10-3-4-11(12)14-7-10/h3-4,6-8,13H,2,5H2,1H3. The molecule has 0 saturated heterocycles. The Hall–Kier alpha value is -1.36. The van der Waals surface area contributed by atoms with Gasteiger partial charge in [-0.15, -0.1) is 0 Å². The second kappa shape index (κ2) is 5.12. The van der Waals surface area contributed by atoms with E-state index in [4.69, 9.17) is 0 Å². The second-order valence-electron chi connectivity index (χ2n) is 3.43. The third-order valence-corrected chi connectivity index (χ3v) is 2.70. The van der Waals surface area contributed by atoms with E-state index in [0.29, 0.717) is 0 Å². The number of aromatic nitrogens is 3. The molecular weight excluding hydrogens is 268 g/mol. The summed E-state index contributed by atoms with van der Waals surface area (Å²) in [4.78, 5) is 4.15. The number of nitrogens with one attached hydrogen (secondary N) is 1. The Morgan fingerprint density at radius 3 is 2.88 bits per heavy atom. The number of hydrogen-bond donors (Lipinski definition) is 1. The van der Waals surface area contributed by atoms with Crippen LogP contribution in [0.3, 0.4) is 0 Å². The monoisotopic (exact) mass is 280 g/mol. The molecule has 2 aromatic rings. The van der Waals surface area contributed by atoms with Crippen LogP contribution in [0.5, 0.6) is 0 Å². The fraction of sp³-hybridized carbons (Fsp3) is 0.273. The minimum absolute atomic E-state index is 0.767. The summed E-state index contributed by atoms with van der Waals surface area (Å²) in [6.07, 6.45) is 5.72. The Bertz CT molecular complexity index is 449. The predicted octanol–water partition coefficient (Wildman–Crippen LogP) is 2.67. The maximum atomic E-state index is 4.21. The Kier molecular flexibility index (Phi) is 3.56. The van der Waals surface area contributed by atoms with Crippen molar-refractivity contribution >= 4 is 21.6 Å². The average Bonchev–Trinajstić information content (AvgIpc) is 2.76. The zero-order valence-electron chi connectivity index (χ0n) is 9.02. The van der Waals surface area contributed by atoms with Gasteiger partial charge in [0.05, 0.1) is 18.1 Å². The Morgan fingerprint density at radius 2 is 2.25 bits per heavy atom. The molecule has 1 N–H and O–H groups in total. The molecule has 0 spiro atoms. The summed E-state index contributed by atoms with van der Waals surface area (Å²) in [6.45, 7) is 3.74. The summed E-state index contributed by atoms with van der Waals surface area (Å²) in [7, 11) is 0. The van der Waals surface area contributed by atoms with E-state index in [2.05, 4.69) is 38.3 Å². The van der Waals surface area contributed by atoms with Gasteiger partial charge in [-0.2, -0.15) is 5.10 Å². The Morgan fingerprint density at radius 1 is 1.38 bits per heavy atom. The van der Waals surface area contributed by atoms with Gasteiger partial charge in [0.2, 0.25) is 0 Å². The van der Waals surface area contributed by atoms with Crippen molar-refractivity contribution in [2.24, 2.45) is 0 Å². The number of pyridine rings is 1. The van der Waals surface area contributed by atoms with Crippen LogP contribution in [0.25, 0.3) is 0 Å². The van der Waals surface area contributed by atoms with Gasteiger partial charge in [-0.05, 0) is 35.0 Å². The largest absolute Gasteiger partial charge is 0.380 e. The Labute approximate surface area is 103 Å². The second-order valence-corrected chi connectivity index (χ2v) is 4.24. The quantitative estimate of drug-likeness (QED) is 0.876. The first-order chi connectivity index (χ1) is 7.78. The van der Waals surface area contributed by atoms with Gasteiger partial charge in [0.15, 0.2) is 0 Å². The van der Waals surface area contributed by atoms with E-state index in [0.717, 1.165) is 23.4 Å². The molecule has 5 heteroatoms. The van der Waals surface area contributed by atoms with Gasteiger partial charge in [0.1, 0.15) is 4.60 Å². The molecule has 2 heterocycles. The van der Waals surface area contributed by atoms with E-state index >= 15 is 0 Å². The number of rotatable bonds is 4. The predicted molar refractivity (Wildman–Crippen MR) is 67.2 cm³/mol. The molecule has 0 bridgehead atoms. The van der Waals surface area contributed by atoms with Crippen LogP contribution >= 0.6 is 15.9 Å². The molecule has 4 nitrogen and oxygen atoms in total. The fourth-order valence-electron chi connectivity index (χ4n) is 1.36. The number of aryl methyl sites for hydroxylation is 1. The van der Waals surface area contributed by atoms with Crippen LogP contribution in [0, 0.1) is 0 Å². The SMILES string of the molecule is CCn1cc(CNc2ccc(Br)nc2)cn1. The first-order valence-corrected chi connectivity index (χ1v) is 5.94. The van der Waals surface area contributed by atoms with Crippen molar-refractivity contribution in [3.63, 3.8) is 0 Å². The van der Waals surface area contributed by atoms with Gasteiger partial charge in [-0.1, -0.05) is 0 Å². The molecule has 0 fully saturated rings. The lowest BCUT2D eigenvalue weighted by Gasteiger charge is -2.03. The molecule has 2 rings (SSSR count). The molecular formula is C11H13BrN4. The molecule has 84 valence electrons. The maximum absolute atomic E-state index is 4.21. The highest BCUT2D eigenvalue weighted by Gasteiger charge is 1.97. The molecule has 16 heavy (non-hydrogen) atoms. The van der Waals surface area contributed by atoms with Crippen molar-refractivity contribution < 1.29 is 0 Å². The van der Waals surface area contributed by atoms with E-state index in [1.165, 1.54) is 5.56 Å². The smallest absolute Gasteiger partial charge is 0.106 e. The van der Waals surface area contributed by atoms with Gasteiger partial charge in [0, 0.05) is 24.8 Å². The number of anilines is 1. The van der Waals surface area contributed by atoms with Gasteiger partial charge in [-0.3, -0.25) is 4.68 Å². The van der Waals surface area contributed by atoms with Crippen molar-refractivity contribution in [3.05, 3.63) is 40.9 Å². The fourth-order valence-corrected chi connectivity index (χ4v) is 1.59. The van der Waals surface area contributed by atoms with Gasteiger partial charge >= 0.3 is 0 Å². The van der Waals surface area contributed by atoms with Crippen LogP contribution in [-0.2, 0) is 13.1 Å². The summed E-state index contributed by atoms with van der Waals surface area (Å²) in [5.41, 5.74) is 2.18. The maximum Gasteiger partial charge on any atom is 0.106 e. The van der Waals surface area contributed by atoms with Crippen LogP contribution < -0.4 is 5.32 Å². The van der Waals surface area contributed by atoms with Gasteiger partial charge in [0.25, 0.3) is 0 Å². The summed E-state index contributed by atoms with van der Waals surface area (Å²) < 4.78 is 2.76. The number of halogens is 1. The lowest BCUT2D eigenvalue weighted by molar-refractivity contribution is 0.659. The zero-order chi connectivity index (χ0) is 11.4.